The second kappa shape index (κ2) is 10.4. The number of fused-ring (bicyclic) bond motifs is 1. The third kappa shape index (κ3) is 5.81. The number of carbonyl (C=O) groups is 1. The first kappa shape index (κ1) is 24.5. The van der Waals surface area contributed by atoms with Gasteiger partial charge in [-0.3, -0.25) is 9.69 Å². The van der Waals surface area contributed by atoms with E-state index in [0.29, 0.717) is 10.8 Å². The van der Waals surface area contributed by atoms with E-state index < -0.39 is 9.84 Å². The number of carbonyl (C=O) groups excluding carboxylic acids is 1. The molecule has 0 unspecified atom stereocenters. The third-order valence-electron chi connectivity index (χ3n) is 7.48. The van der Waals surface area contributed by atoms with Crippen molar-refractivity contribution in [2.45, 2.75) is 48.8 Å². The molecule has 190 valence electrons. The minimum Gasteiger partial charge on any atom is -0.493 e. The van der Waals surface area contributed by atoms with Gasteiger partial charge in [-0.05, 0) is 62.8 Å². The van der Waals surface area contributed by atoms with Crippen LogP contribution in [0.15, 0.2) is 28.6 Å². The van der Waals surface area contributed by atoms with E-state index in [1.165, 1.54) is 24.3 Å². The highest BCUT2D eigenvalue weighted by atomic mass is 32.2. The summed E-state index contributed by atoms with van der Waals surface area (Å²) in [5.41, 5.74) is 1.26. The highest BCUT2D eigenvalue weighted by Gasteiger charge is 2.27. The van der Waals surface area contributed by atoms with Gasteiger partial charge in [0.15, 0.2) is 9.84 Å². The Balaban J connectivity index is 1.02. The Hall–Kier alpha value is -2.17. The molecule has 0 radical (unpaired) electrons. The van der Waals surface area contributed by atoms with Crippen LogP contribution in [0.4, 0.5) is 5.82 Å². The van der Waals surface area contributed by atoms with E-state index in [1.54, 1.807) is 6.07 Å². The van der Waals surface area contributed by atoms with Gasteiger partial charge in [0, 0.05) is 56.7 Å². The Labute approximate surface area is 211 Å². The Morgan fingerprint density at radius 2 is 1.91 bits per heavy atom. The number of amides is 1. The zero-order valence-corrected chi connectivity index (χ0v) is 21.9. The monoisotopic (exact) mass is 518 g/mol. The molecule has 0 atom stereocenters. The molecular formula is C25H34N4O4S2. The summed E-state index contributed by atoms with van der Waals surface area (Å²) in [6, 6.07) is 5.27. The first-order valence-electron chi connectivity index (χ1n) is 12.6. The van der Waals surface area contributed by atoms with Crippen LogP contribution in [0.2, 0.25) is 0 Å². The SMILES string of the molecule is CS(=O)(=O)c1ccc(C(=O)N[C@H]2CC[C@H](CCN3CCN(c4nccc5c4CCO5)CC3)CC2)s1. The molecule has 2 aliphatic heterocycles. The summed E-state index contributed by atoms with van der Waals surface area (Å²) in [6.45, 7) is 6.03. The maximum Gasteiger partial charge on any atom is 0.261 e. The van der Waals surface area contributed by atoms with Crippen LogP contribution < -0.4 is 15.0 Å². The lowest BCUT2D eigenvalue weighted by Gasteiger charge is -2.37. The topological polar surface area (TPSA) is 91.8 Å². The van der Waals surface area contributed by atoms with Gasteiger partial charge in [0.1, 0.15) is 15.8 Å². The summed E-state index contributed by atoms with van der Waals surface area (Å²) >= 11 is 1.05. The van der Waals surface area contributed by atoms with E-state index in [9.17, 15) is 13.2 Å². The molecule has 1 N–H and O–H groups in total. The maximum atomic E-state index is 12.5. The van der Waals surface area contributed by atoms with Gasteiger partial charge >= 0.3 is 0 Å². The number of thiophene rings is 1. The molecule has 3 aliphatic rings. The van der Waals surface area contributed by atoms with Crippen molar-refractivity contribution in [1.82, 2.24) is 15.2 Å². The normalized spacial score (nSPS) is 23.1. The van der Waals surface area contributed by atoms with E-state index in [1.807, 2.05) is 12.3 Å². The van der Waals surface area contributed by atoms with Crippen molar-refractivity contribution in [2.75, 3.05) is 50.5 Å². The summed E-state index contributed by atoms with van der Waals surface area (Å²) in [5, 5.41) is 3.11. The summed E-state index contributed by atoms with van der Waals surface area (Å²) in [7, 11) is -3.27. The largest absolute Gasteiger partial charge is 0.493 e. The molecule has 10 heteroatoms. The van der Waals surface area contributed by atoms with E-state index in [0.717, 1.165) is 94.3 Å². The van der Waals surface area contributed by atoms with Crippen LogP contribution in [0.3, 0.4) is 0 Å². The summed E-state index contributed by atoms with van der Waals surface area (Å²) in [4.78, 5) is 22.6. The molecule has 1 amide bonds. The molecule has 0 spiro atoms. The van der Waals surface area contributed by atoms with Crippen molar-refractivity contribution < 1.29 is 17.9 Å². The number of rotatable bonds is 7. The number of pyridine rings is 1. The number of hydrogen-bond acceptors (Lipinski definition) is 8. The van der Waals surface area contributed by atoms with Gasteiger partial charge in [0.25, 0.3) is 5.91 Å². The third-order valence-corrected chi connectivity index (χ3v) is 10.4. The fourth-order valence-corrected chi connectivity index (χ4v) is 7.24. The highest BCUT2D eigenvalue weighted by molar-refractivity contribution is 7.92. The van der Waals surface area contributed by atoms with Crippen LogP contribution >= 0.6 is 11.3 Å². The Morgan fingerprint density at radius 1 is 1.14 bits per heavy atom. The van der Waals surface area contributed by atoms with Crippen LogP contribution in [0.25, 0.3) is 0 Å². The predicted octanol–water partition coefficient (Wildman–Crippen LogP) is 2.98. The Bertz CT molecular complexity index is 1150. The van der Waals surface area contributed by atoms with Crippen molar-refractivity contribution in [3.63, 3.8) is 0 Å². The minimum atomic E-state index is -3.27. The van der Waals surface area contributed by atoms with Crippen LogP contribution in [-0.2, 0) is 16.3 Å². The predicted molar refractivity (Wildman–Crippen MR) is 137 cm³/mol. The van der Waals surface area contributed by atoms with E-state index >= 15 is 0 Å². The first-order valence-corrected chi connectivity index (χ1v) is 15.3. The molecule has 1 saturated carbocycles. The number of piperazine rings is 1. The zero-order valence-electron chi connectivity index (χ0n) is 20.2. The average molecular weight is 519 g/mol. The number of hydrogen-bond donors (Lipinski definition) is 1. The summed E-state index contributed by atoms with van der Waals surface area (Å²) in [6.07, 6.45) is 9.42. The van der Waals surface area contributed by atoms with E-state index in [-0.39, 0.29) is 16.2 Å². The molecular weight excluding hydrogens is 484 g/mol. The van der Waals surface area contributed by atoms with Crippen LogP contribution in [-0.4, -0.2) is 75.8 Å². The lowest BCUT2D eigenvalue weighted by Crippen LogP contribution is -2.47. The van der Waals surface area contributed by atoms with Gasteiger partial charge in [-0.1, -0.05) is 0 Å². The number of sulfone groups is 1. The molecule has 35 heavy (non-hydrogen) atoms. The standard InChI is InChI=1S/C25H34N4O4S2/c1-35(31,32)23-7-6-22(34-23)25(30)27-19-4-2-18(3-5-19)9-12-28-13-15-29(16-14-28)24-20-10-17-33-21(20)8-11-26-24/h6-8,11,18-19H,2-5,9-10,12-17H2,1H3,(H,27,30)/t18-,19-. The molecule has 2 fully saturated rings. The van der Waals surface area contributed by atoms with Crippen molar-refractivity contribution in [2.24, 2.45) is 5.92 Å². The number of nitrogens with zero attached hydrogens (tertiary/aromatic N) is 3. The number of aromatic nitrogens is 1. The Kier molecular flexibility index (Phi) is 7.31. The number of anilines is 1. The van der Waals surface area contributed by atoms with Gasteiger partial charge in [-0.2, -0.15) is 0 Å². The second-order valence-corrected chi connectivity index (χ2v) is 13.2. The molecule has 5 rings (SSSR count). The molecule has 1 aliphatic carbocycles. The van der Waals surface area contributed by atoms with Crippen molar-refractivity contribution in [1.29, 1.82) is 0 Å². The van der Waals surface area contributed by atoms with Crippen molar-refractivity contribution in [3.05, 3.63) is 34.8 Å². The van der Waals surface area contributed by atoms with Gasteiger partial charge in [-0.25, -0.2) is 13.4 Å². The summed E-state index contributed by atoms with van der Waals surface area (Å²) in [5.74, 6) is 2.65. The van der Waals surface area contributed by atoms with Gasteiger partial charge < -0.3 is 15.0 Å². The fraction of sp³-hybridized carbons (Fsp3) is 0.600. The smallest absolute Gasteiger partial charge is 0.261 e. The molecule has 2 aromatic rings. The first-order chi connectivity index (χ1) is 16.9. The molecule has 4 heterocycles. The van der Waals surface area contributed by atoms with E-state index in [4.69, 9.17) is 4.74 Å². The lowest BCUT2D eigenvalue weighted by molar-refractivity contribution is 0.0924. The second-order valence-electron chi connectivity index (χ2n) is 9.91. The van der Waals surface area contributed by atoms with Gasteiger partial charge in [0.05, 0.1) is 11.5 Å². The van der Waals surface area contributed by atoms with Crippen LogP contribution in [0.5, 0.6) is 5.75 Å². The molecule has 0 aromatic carbocycles. The van der Waals surface area contributed by atoms with Crippen LogP contribution in [0, 0.1) is 5.92 Å². The van der Waals surface area contributed by atoms with Crippen LogP contribution in [0.1, 0.15) is 47.3 Å². The average Bonchev–Trinajstić information content (AvgIpc) is 3.54. The highest BCUT2D eigenvalue weighted by Crippen LogP contribution is 2.33. The number of ether oxygens (including phenoxy) is 1. The summed E-state index contributed by atoms with van der Waals surface area (Å²) < 4.78 is 29.3. The molecule has 1 saturated heterocycles. The lowest BCUT2D eigenvalue weighted by atomic mass is 9.84. The molecule has 2 aromatic heterocycles. The van der Waals surface area contributed by atoms with Gasteiger partial charge in [0.2, 0.25) is 0 Å². The molecule has 0 bridgehead atoms. The number of nitrogens with one attached hydrogen (secondary N) is 1. The van der Waals surface area contributed by atoms with Crippen molar-refractivity contribution in [3.8, 4) is 5.75 Å². The fourth-order valence-electron chi connectivity index (χ4n) is 5.41. The van der Waals surface area contributed by atoms with Crippen molar-refractivity contribution >= 4 is 32.9 Å². The molecule has 8 nitrogen and oxygen atoms in total. The Morgan fingerprint density at radius 3 is 2.63 bits per heavy atom. The van der Waals surface area contributed by atoms with E-state index in [2.05, 4.69) is 20.1 Å². The minimum absolute atomic E-state index is 0.156. The van der Waals surface area contributed by atoms with Gasteiger partial charge in [-0.15, -0.1) is 11.3 Å². The maximum absolute atomic E-state index is 12.5. The quantitative estimate of drug-likeness (QED) is 0.603. The zero-order chi connectivity index (χ0) is 24.4.